The maximum absolute atomic E-state index is 12.3. The summed E-state index contributed by atoms with van der Waals surface area (Å²) in [7, 11) is 0. The number of anilines is 2. The predicted molar refractivity (Wildman–Crippen MR) is 133 cm³/mol. The van der Waals surface area contributed by atoms with Crippen LogP contribution in [0.3, 0.4) is 0 Å². The molecule has 2 aromatic heterocycles. The molecule has 4 heterocycles. The Labute approximate surface area is 216 Å². The molecule has 200 valence electrons. The highest BCUT2D eigenvalue weighted by atomic mass is 16.6. The van der Waals surface area contributed by atoms with Crippen molar-refractivity contribution in [1.82, 2.24) is 30.2 Å². The molecule has 2 aliphatic rings. The van der Waals surface area contributed by atoms with E-state index in [9.17, 15) is 24.6 Å². The average molecular weight is 525 g/mol. The van der Waals surface area contributed by atoms with Gasteiger partial charge in [-0.1, -0.05) is 6.07 Å². The van der Waals surface area contributed by atoms with Crippen molar-refractivity contribution in [3.8, 4) is 0 Å². The maximum Gasteiger partial charge on any atom is 0.251 e. The van der Waals surface area contributed by atoms with Gasteiger partial charge in [0.05, 0.1) is 6.33 Å². The Kier molecular flexibility index (Phi) is 7.18. The second-order valence-corrected chi connectivity index (χ2v) is 9.20. The number of aromatic nitrogens is 4. The quantitative estimate of drug-likeness (QED) is 0.199. The minimum absolute atomic E-state index is 0.0102. The second kappa shape index (κ2) is 10.7. The zero-order valence-corrected chi connectivity index (χ0v) is 20.3. The number of aliphatic hydroxyl groups excluding tert-OH is 2. The molecular weight excluding hydrogens is 496 g/mol. The van der Waals surface area contributed by atoms with Gasteiger partial charge in [-0.15, -0.1) is 0 Å². The second-order valence-electron chi connectivity index (χ2n) is 9.20. The largest absolute Gasteiger partial charge is 0.387 e. The number of fused-ring (bicyclic) bond motifs is 2. The number of nitrogen functional groups attached to an aromatic ring is 1. The van der Waals surface area contributed by atoms with Gasteiger partial charge in [0.15, 0.2) is 17.7 Å². The molecule has 0 spiro atoms. The number of imidazole rings is 1. The van der Waals surface area contributed by atoms with Crippen LogP contribution in [0.25, 0.3) is 11.2 Å². The molecule has 0 aliphatic carbocycles. The molecular formula is C24H28N8O6. The Morgan fingerprint density at radius 3 is 2.74 bits per heavy atom. The fraction of sp³-hybridized carbons (Fsp3) is 0.417. The first-order chi connectivity index (χ1) is 18.3. The molecule has 0 radical (unpaired) electrons. The lowest BCUT2D eigenvalue weighted by Crippen LogP contribution is -2.39. The Morgan fingerprint density at radius 1 is 1.13 bits per heavy atom. The highest BCUT2D eigenvalue weighted by molar-refractivity contribution is 6.02. The lowest BCUT2D eigenvalue weighted by atomic mass is 10.1. The van der Waals surface area contributed by atoms with Crippen LogP contribution < -0.4 is 21.7 Å². The molecule has 1 aromatic carbocycles. The molecule has 1 fully saturated rings. The lowest BCUT2D eigenvalue weighted by molar-refractivity contribution is -0.122. The smallest absolute Gasteiger partial charge is 0.251 e. The first kappa shape index (κ1) is 25.5. The van der Waals surface area contributed by atoms with Crippen LogP contribution in [-0.2, 0) is 20.9 Å². The summed E-state index contributed by atoms with van der Waals surface area (Å²) in [4.78, 5) is 48.5. The number of hydrogen-bond donors (Lipinski definition) is 6. The standard InChI is InChI=1S/C24H28N8O6/c25-21-18-22(29-10-28-21)32(11-30-18)24-20(36)19(35)15(38-24)9-26-16(33)6-1-2-7-17(34)31-14-5-3-4-12-13(14)8-27-23(12)37/h3-5,10-11,15,19-20,24,35-36H,1-2,6-9H2,(H,26,33)(H,27,37)(H,31,34)(H2,25,28,29). The molecule has 0 saturated carbocycles. The fourth-order valence-corrected chi connectivity index (χ4v) is 4.64. The highest BCUT2D eigenvalue weighted by Gasteiger charge is 2.44. The van der Waals surface area contributed by atoms with Gasteiger partial charge >= 0.3 is 0 Å². The molecule has 7 N–H and O–H groups in total. The van der Waals surface area contributed by atoms with E-state index in [2.05, 4.69) is 30.9 Å². The molecule has 4 unspecified atom stereocenters. The summed E-state index contributed by atoms with van der Waals surface area (Å²) in [5.74, 6) is -0.434. The summed E-state index contributed by atoms with van der Waals surface area (Å²) < 4.78 is 7.27. The Balaban J connectivity index is 1.05. The number of nitrogens with one attached hydrogen (secondary N) is 3. The zero-order chi connectivity index (χ0) is 26.8. The molecule has 2 aliphatic heterocycles. The Hall–Kier alpha value is -4.14. The summed E-state index contributed by atoms with van der Waals surface area (Å²) in [5.41, 5.74) is 8.44. The third-order valence-corrected chi connectivity index (χ3v) is 6.68. The first-order valence-electron chi connectivity index (χ1n) is 12.2. The summed E-state index contributed by atoms with van der Waals surface area (Å²) >= 11 is 0. The molecule has 3 aromatic rings. The number of nitrogens with zero attached hydrogens (tertiary/aromatic N) is 4. The van der Waals surface area contributed by atoms with Gasteiger partial charge in [-0.3, -0.25) is 19.0 Å². The van der Waals surface area contributed by atoms with Gasteiger partial charge in [0.25, 0.3) is 5.91 Å². The molecule has 14 nitrogen and oxygen atoms in total. The third kappa shape index (κ3) is 5.01. The van der Waals surface area contributed by atoms with E-state index in [0.717, 1.165) is 5.56 Å². The van der Waals surface area contributed by atoms with Crippen molar-refractivity contribution in [2.75, 3.05) is 17.6 Å². The summed E-state index contributed by atoms with van der Waals surface area (Å²) in [6.45, 7) is 0.369. The fourth-order valence-electron chi connectivity index (χ4n) is 4.64. The van der Waals surface area contributed by atoms with Crippen LogP contribution in [0.1, 0.15) is 47.8 Å². The molecule has 38 heavy (non-hydrogen) atoms. The zero-order valence-electron chi connectivity index (χ0n) is 20.3. The van der Waals surface area contributed by atoms with Crippen molar-refractivity contribution < 1.29 is 29.3 Å². The van der Waals surface area contributed by atoms with Crippen molar-refractivity contribution in [3.05, 3.63) is 42.0 Å². The number of hydrogen-bond acceptors (Lipinski definition) is 10. The predicted octanol–water partition coefficient (Wildman–Crippen LogP) is -0.414. The van der Waals surface area contributed by atoms with E-state index >= 15 is 0 Å². The van der Waals surface area contributed by atoms with E-state index in [1.807, 2.05) is 0 Å². The van der Waals surface area contributed by atoms with Gasteiger partial charge in [0.1, 0.15) is 30.2 Å². The van der Waals surface area contributed by atoms with Crippen molar-refractivity contribution >= 4 is 40.4 Å². The van der Waals surface area contributed by atoms with Gasteiger partial charge in [0.2, 0.25) is 11.8 Å². The monoisotopic (exact) mass is 524 g/mol. The van der Waals surface area contributed by atoms with Gasteiger partial charge in [0, 0.05) is 42.7 Å². The van der Waals surface area contributed by atoms with E-state index in [-0.39, 0.29) is 42.9 Å². The van der Waals surface area contributed by atoms with Crippen LogP contribution in [-0.4, -0.2) is 72.3 Å². The molecule has 4 atom stereocenters. The molecule has 0 bridgehead atoms. The molecule has 5 rings (SSSR count). The number of amides is 3. The van der Waals surface area contributed by atoms with Crippen LogP contribution in [0.5, 0.6) is 0 Å². The molecule has 1 saturated heterocycles. The van der Waals surface area contributed by atoms with Gasteiger partial charge in [-0.25, -0.2) is 15.0 Å². The topological polar surface area (TPSA) is 207 Å². The third-order valence-electron chi connectivity index (χ3n) is 6.68. The van der Waals surface area contributed by atoms with E-state index < -0.39 is 24.5 Å². The number of carbonyl (C=O) groups is 3. The van der Waals surface area contributed by atoms with Crippen molar-refractivity contribution in [2.45, 2.75) is 56.8 Å². The van der Waals surface area contributed by atoms with Gasteiger partial charge in [-0.05, 0) is 25.0 Å². The number of rotatable bonds is 9. The average Bonchev–Trinajstić information content (AvgIpc) is 3.58. The number of carbonyl (C=O) groups excluding carboxylic acids is 3. The number of benzene rings is 1. The van der Waals surface area contributed by atoms with Crippen LogP contribution >= 0.6 is 0 Å². The van der Waals surface area contributed by atoms with Crippen LogP contribution in [0.4, 0.5) is 11.5 Å². The lowest BCUT2D eigenvalue weighted by Gasteiger charge is -2.16. The Bertz CT molecular complexity index is 1380. The van der Waals surface area contributed by atoms with Gasteiger partial charge in [-0.2, -0.15) is 0 Å². The number of aliphatic hydroxyl groups is 2. The summed E-state index contributed by atoms with van der Waals surface area (Å²) in [6.07, 6.45) is -0.292. The molecule has 3 amide bonds. The normalized spacial score (nSPS) is 22.3. The van der Waals surface area contributed by atoms with Crippen molar-refractivity contribution in [2.24, 2.45) is 0 Å². The van der Waals surface area contributed by atoms with Crippen LogP contribution in [0, 0.1) is 0 Å². The SMILES string of the molecule is Nc1ncnc2c1ncn2C1OC(CNC(=O)CCCCC(=O)Nc2cccc3c2CNC3=O)C(O)C1O. The summed E-state index contributed by atoms with van der Waals surface area (Å²) in [6, 6.07) is 5.19. The van der Waals surface area contributed by atoms with Crippen molar-refractivity contribution in [1.29, 1.82) is 0 Å². The maximum atomic E-state index is 12.3. The number of nitrogens with two attached hydrogens (primary N) is 1. The van der Waals surface area contributed by atoms with Crippen LogP contribution in [0.2, 0.25) is 0 Å². The highest BCUT2D eigenvalue weighted by Crippen LogP contribution is 2.31. The van der Waals surface area contributed by atoms with E-state index in [0.29, 0.717) is 41.8 Å². The minimum atomic E-state index is -1.27. The van der Waals surface area contributed by atoms with Crippen molar-refractivity contribution in [3.63, 3.8) is 0 Å². The van der Waals surface area contributed by atoms with E-state index in [1.165, 1.54) is 17.2 Å². The molecule has 14 heteroatoms. The number of unbranched alkanes of at least 4 members (excludes halogenated alkanes) is 1. The first-order valence-corrected chi connectivity index (χ1v) is 12.2. The van der Waals surface area contributed by atoms with E-state index in [1.54, 1.807) is 18.2 Å². The van der Waals surface area contributed by atoms with Gasteiger partial charge < -0.3 is 36.6 Å². The Morgan fingerprint density at radius 2 is 1.92 bits per heavy atom. The van der Waals surface area contributed by atoms with E-state index in [4.69, 9.17) is 10.5 Å². The van der Waals surface area contributed by atoms with Crippen LogP contribution in [0.15, 0.2) is 30.9 Å². The summed E-state index contributed by atoms with van der Waals surface area (Å²) in [5, 5.41) is 29.2. The minimum Gasteiger partial charge on any atom is -0.387 e. The number of ether oxygens (including phenoxy) is 1.